The molecule has 0 radical (unpaired) electrons. The summed E-state index contributed by atoms with van der Waals surface area (Å²) in [5.74, 6) is -0.221. The van der Waals surface area contributed by atoms with Gasteiger partial charge in [0, 0.05) is 17.8 Å². The quantitative estimate of drug-likeness (QED) is 0.592. The molecule has 0 saturated carbocycles. The third kappa shape index (κ3) is 5.15. The maximum atomic E-state index is 12.5. The molecule has 144 valence electrons. The van der Waals surface area contributed by atoms with Gasteiger partial charge in [-0.2, -0.15) is 0 Å². The normalized spacial score (nSPS) is 10.8. The molecule has 3 rings (SSSR count). The van der Waals surface area contributed by atoms with Crippen LogP contribution < -0.4 is 10.6 Å². The summed E-state index contributed by atoms with van der Waals surface area (Å²) in [7, 11) is 0. The number of hydrogen-bond donors (Lipinski definition) is 2. The van der Waals surface area contributed by atoms with Gasteiger partial charge in [0.25, 0.3) is 5.91 Å². The molecule has 0 atom stereocenters. The van der Waals surface area contributed by atoms with Gasteiger partial charge in [0.05, 0.1) is 0 Å². The van der Waals surface area contributed by atoms with Gasteiger partial charge in [-0.1, -0.05) is 56.3 Å². The lowest BCUT2D eigenvalue weighted by molar-refractivity contribution is 0.0978. The summed E-state index contributed by atoms with van der Waals surface area (Å²) in [4.78, 5) is 14.8. The van der Waals surface area contributed by atoms with E-state index in [1.54, 1.807) is 0 Å². The van der Waals surface area contributed by atoms with E-state index in [0.717, 1.165) is 36.1 Å². The van der Waals surface area contributed by atoms with Gasteiger partial charge in [-0.25, -0.2) is 0 Å². The van der Waals surface area contributed by atoms with Gasteiger partial charge in [-0.05, 0) is 65.9 Å². The maximum Gasteiger partial charge on any atom is 0.257 e. The van der Waals surface area contributed by atoms with E-state index in [1.807, 2.05) is 54.6 Å². The first-order valence-corrected chi connectivity index (χ1v) is 9.92. The molecule has 0 aliphatic heterocycles. The molecular weight excluding hydrogens is 366 g/mol. The van der Waals surface area contributed by atoms with Crippen molar-refractivity contribution < 1.29 is 4.79 Å². The number of carbonyl (C=O) groups excluding carboxylic acids is 1. The van der Waals surface area contributed by atoms with Gasteiger partial charge in [0.1, 0.15) is 0 Å². The van der Waals surface area contributed by atoms with Crippen molar-refractivity contribution in [2.75, 3.05) is 18.4 Å². The summed E-state index contributed by atoms with van der Waals surface area (Å²) in [6.07, 6.45) is 0. The Morgan fingerprint density at radius 2 is 1.61 bits per heavy atom. The standard InChI is InChI=1S/C23H25N3OS/c1-3-26(4-2)16-17-9-13-21(14-10-17)24-23(28)25-22(27)20-12-11-18-7-5-6-8-19(18)15-20/h5-15H,3-4,16H2,1-2H3,(H2,24,25,27,28). The first kappa shape index (κ1) is 20.0. The Bertz CT molecular complexity index is 965. The van der Waals surface area contributed by atoms with Crippen LogP contribution in [0.5, 0.6) is 0 Å². The molecule has 0 aliphatic carbocycles. The van der Waals surface area contributed by atoms with Crippen LogP contribution >= 0.6 is 12.2 Å². The molecule has 0 aromatic heterocycles. The first-order valence-electron chi connectivity index (χ1n) is 9.51. The van der Waals surface area contributed by atoms with Crippen molar-refractivity contribution in [3.63, 3.8) is 0 Å². The van der Waals surface area contributed by atoms with E-state index in [9.17, 15) is 4.79 Å². The highest BCUT2D eigenvalue weighted by Crippen LogP contribution is 2.16. The number of thiocarbonyl (C=S) groups is 1. The highest BCUT2D eigenvalue weighted by molar-refractivity contribution is 7.80. The summed E-state index contributed by atoms with van der Waals surface area (Å²) < 4.78 is 0. The van der Waals surface area contributed by atoms with Crippen LogP contribution in [0.15, 0.2) is 66.7 Å². The molecule has 2 N–H and O–H groups in total. The van der Waals surface area contributed by atoms with Crippen molar-refractivity contribution in [2.45, 2.75) is 20.4 Å². The molecule has 3 aromatic rings. The van der Waals surface area contributed by atoms with Crippen LogP contribution in [0.3, 0.4) is 0 Å². The zero-order valence-electron chi connectivity index (χ0n) is 16.2. The lowest BCUT2D eigenvalue weighted by Crippen LogP contribution is -2.34. The van der Waals surface area contributed by atoms with Crippen molar-refractivity contribution in [3.8, 4) is 0 Å². The molecule has 0 saturated heterocycles. The fourth-order valence-corrected chi connectivity index (χ4v) is 3.28. The fraction of sp³-hybridized carbons (Fsp3) is 0.217. The van der Waals surface area contributed by atoms with E-state index in [1.165, 1.54) is 5.56 Å². The fourth-order valence-electron chi connectivity index (χ4n) is 3.07. The molecule has 5 heteroatoms. The van der Waals surface area contributed by atoms with Crippen LogP contribution in [0.25, 0.3) is 10.8 Å². The molecule has 0 heterocycles. The molecule has 0 aliphatic rings. The minimum Gasteiger partial charge on any atom is -0.332 e. The average Bonchev–Trinajstić information content (AvgIpc) is 2.72. The Hall–Kier alpha value is -2.76. The summed E-state index contributed by atoms with van der Waals surface area (Å²) in [5.41, 5.74) is 2.69. The molecule has 28 heavy (non-hydrogen) atoms. The maximum absolute atomic E-state index is 12.5. The van der Waals surface area contributed by atoms with Gasteiger partial charge < -0.3 is 5.32 Å². The number of benzene rings is 3. The molecule has 4 nitrogen and oxygen atoms in total. The summed E-state index contributed by atoms with van der Waals surface area (Å²) >= 11 is 5.30. The first-order chi connectivity index (χ1) is 13.6. The summed E-state index contributed by atoms with van der Waals surface area (Å²) in [5, 5.41) is 8.24. The third-order valence-corrected chi connectivity index (χ3v) is 4.96. The van der Waals surface area contributed by atoms with Crippen molar-refractivity contribution in [3.05, 3.63) is 77.9 Å². The number of anilines is 1. The van der Waals surface area contributed by atoms with E-state index in [2.05, 4.69) is 41.5 Å². The molecule has 0 fully saturated rings. The summed E-state index contributed by atoms with van der Waals surface area (Å²) in [6, 6.07) is 21.7. The van der Waals surface area contributed by atoms with Gasteiger partial charge >= 0.3 is 0 Å². The molecular formula is C23H25N3OS. The van der Waals surface area contributed by atoms with E-state index in [0.29, 0.717) is 5.56 Å². The van der Waals surface area contributed by atoms with Gasteiger partial charge in [0.2, 0.25) is 0 Å². The van der Waals surface area contributed by atoms with Crippen LogP contribution in [0.1, 0.15) is 29.8 Å². The highest BCUT2D eigenvalue weighted by Gasteiger charge is 2.09. The van der Waals surface area contributed by atoms with Crippen molar-refractivity contribution in [1.82, 2.24) is 10.2 Å². The number of amides is 1. The van der Waals surface area contributed by atoms with Crippen molar-refractivity contribution >= 4 is 39.7 Å². The Morgan fingerprint density at radius 3 is 2.29 bits per heavy atom. The second kappa shape index (κ2) is 9.44. The Kier molecular flexibility index (Phi) is 6.74. The van der Waals surface area contributed by atoms with Gasteiger partial charge in [-0.15, -0.1) is 0 Å². The summed E-state index contributed by atoms with van der Waals surface area (Å²) in [6.45, 7) is 7.31. The van der Waals surface area contributed by atoms with E-state index >= 15 is 0 Å². The molecule has 0 bridgehead atoms. The zero-order valence-corrected chi connectivity index (χ0v) is 17.1. The predicted molar refractivity (Wildman–Crippen MR) is 121 cm³/mol. The molecule has 0 spiro atoms. The van der Waals surface area contributed by atoms with Crippen LogP contribution in [-0.4, -0.2) is 29.0 Å². The second-order valence-corrected chi connectivity index (χ2v) is 7.04. The van der Waals surface area contributed by atoms with E-state index < -0.39 is 0 Å². The van der Waals surface area contributed by atoms with Crippen molar-refractivity contribution in [1.29, 1.82) is 0 Å². The topological polar surface area (TPSA) is 44.4 Å². The SMILES string of the molecule is CCN(CC)Cc1ccc(NC(=S)NC(=O)c2ccc3ccccc3c2)cc1. The van der Waals surface area contributed by atoms with Crippen LogP contribution in [-0.2, 0) is 6.54 Å². The van der Waals surface area contributed by atoms with Crippen LogP contribution in [0, 0.1) is 0 Å². The minimum absolute atomic E-state index is 0.221. The number of nitrogens with one attached hydrogen (secondary N) is 2. The largest absolute Gasteiger partial charge is 0.332 e. The molecule has 1 amide bonds. The number of rotatable bonds is 6. The highest BCUT2D eigenvalue weighted by atomic mass is 32.1. The second-order valence-electron chi connectivity index (χ2n) is 6.63. The lowest BCUT2D eigenvalue weighted by Gasteiger charge is -2.18. The average molecular weight is 392 g/mol. The number of carbonyl (C=O) groups is 1. The number of hydrogen-bond acceptors (Lipinski definition) is 3. The van der Waals surface area contributed by atoms with Gasteiger partial charge in [0.15, 0.2) is 5.11 Å². The molecule has 0 unspecified atom stereocenters. The monoisotopic (exact) mass is 391 g/mol. The Morgan fingerprint density at radius 1 is 0.929 bits per heavy atom. The van der Waals surface area contributed by atoms with Gasteiger partial charge in [-0.3, -0.25) is 15.0 Å². The molecule has 3 aromatic carbocycles. The van der Waals surface area contributed by atoms with Crippen LogP contribution in [0.4, 0.5) is 5.69 Å². The Labute approximate surface area is 171 Å². The third-order valence-electron chi connectivity index (χ3n) is 4.75. The Balaban J connectivity index is 1.59. The van der Waals surface area contributed by atoms with Crippen molar-refractivity contribution in [2.24, 2.45) is 0 Å². The number of nitrogens with zero attached hydrogens (tertiary/aromatic N) is 1. The zero-order chi connectivity index (χ0) is 19.9. The number of fused-ring (bicyclic) bond motifs is 1. The van der Waals surface area contributed by atoms with Crippen LogP contribution in [0.2, 0.25) is 0 Å². The van der Waals surface area contributed by atoms with E-state index in [4.69, 9.17) is 12.2 Å². The van der Waals surface area contributed by atoms with E-state index in [-0.39, 0.29) is 11.0 Å². The smallest absolute Gasteiger partial charge is 0.257 e. The predicted octanol–water partition coefficient (Wildman–Crippen LogP) is 4.81. The lowest BCUT2D eigenvalue weighted by atomic mass is 10.1. The minimum atomic E-state index is -0.221.